The first-order chi connectivity index (χ1) is 10.9. The van der Waals surface area contributed by atoms with Crippen LogP contribution >= 0.6 is 16.5 Å². The molecule has 0 bridgehead atoms. The second-order valence-corrected chi connectivity index (χ2v) is 12.3. The molecule has 2 heteroatoms. The van der Waals surface area contributed by atoms with Crippen LogP contribution in [0.15, 0.2) is 0 Å². The Bertz CT molecular complexity index is 163. The van der Waals surface area contributed by atoms with E-state index in [9.17, 15) is 0 Å². The molecule has 0 heterocycles. The van der Waals surface area contributed by atoms with E-state index in [1.165, 1.54) is 105 Å². The molecule has 0 aliphatic rings. The van der Waals surface area contributed by atoms with E-state index in [2.05, 4.69) is 13.8 Å². The summed E-state index contributed by atoms with van der Waals surface area (Å²) in [5, 5.41) is 0. The molecule has 0 nitrogen and oxygen atoms in total. The fourth-order valence-electron chi connectivity index (χ4n) is 3.07. The van der Waals surface area contributed by atoms with Crippen molar-refractivity contribution in [2.45, 2.75) is 117 Å². The van der Waals surface area contributed by atoms with Crippen molar-refractivity contribution in [3.05, 3.63) is 0 Å². The van der Waals surface area contributed by atoms with Crippen molar-refractivity contribution in [1.29, 1.82) is 0 Å². The Labute approximate surface area is 145 Å². The monoisotopic (exact) mass is 348 g/mol. The molecule has 0 aliphatic carbocycles. The maximum absolute atomic E-state index is 2.30. The Morgan fingerprint density at radius 1 is 0.500 bits per heavy atom. The van der Waals surface area contributed by atoms with Crippen LogP contribution in [-0.4, -0.2) is 12.3 Å². The first-order valence-corrected chi connectivity index (χ1v) is 15.2. The fourth-order valence-corrected chi connectivity index (χ4v) is 7.67. The summed E-state index contributed by atoms with van der Waals surface area (Å²) < 4.78 is 0. The van der Waals surface area contributed by atoms with Gasteiger partial charge in [0.15, 0.2) is 0 Å². The van der Waals surface area contributed by atoms with Crippen LogP contribution in [0, 0.1) is 0 Å². The van der Waals surface area contributed by atoms with Crippen molar-refractivity contribution in [2.24, 2.45) is 0 Å². The molecule has 0 aromatic carbocycles. The average molecular weight is 349 g/mol. The maximum atomic E-state index is 2.30. The quantitative estimate of drug-likeness (QED) is 0.164. The van der Waals surface area contributed by atoms with E-state index in [1.54, 1.807) is 18.7 Å². The normalized spacial score (nSPS) is 11.9. The van der Waals surface area contributed by atoms with E-state index in [1.807, 2.05) is 0 Å². The number of rotatable bonds is 19. The van der Waals surface area contributed by atoms with Crippen LogP contribution in [0.1, 0.15) is 117 Å². The Balaban J connectivity index is 2.91. The van der Waals surface area contributed by atoms with E-state index in [4.69, 9.17) is 0 Å². The van der Waals surface area contributed by atoms with E-state index < -0.39 is 0 Å². The molecule has 1 unspecified atom stereocenters. The summed E-state index contributed by atoms with van der Waals surface area (Å²) in [5.74, 6) is 0. The Morgan fingerprint density at radius 2 is 0.909 bits per heavy atom. The molecule has 0 saturated heterocycles. The van der Waals surface area contributed by atoms with Gasteiger partial charge in [-0.25, -0.2) is 0 Å². The molecule has 0 radical (unpaired) electrons. The standard InChI is InChI=1S/C20H46P2/c1-3-5-7-9-11-13-15-17-19-21-22-20-18-16-14-12-10-8-6-4-2/h21H,3-20H2,1-2,22H3. The molecule has 0 spiro atoms. The third kappa shape index (κ3) is 20.9. The Kier molecular flexibility index (Phi) is 22.7. The minimum atomic E-state index is 0.341. The van der Waals surface area contributed by atoms with Crippen molar-refractivity contribution < 1.29 is 0 Å². The fraction of sp³-hybridized carbons (Fsp3) is 1.00. The van der Waals surface area contributed by atoms with Gasteiger partial charge in [0.1, 0.15) is 0 Å². The zero-order valence-corrected chi connectivity index (χ0v) is 18.3. The number of hydrogen-bond acceptors (Lipinski definition) is 0. The van der Waals surface area contributed by atoms with E-state index in [-0.39, 0.29) is 0 Å². The second kappa shape index (κ2) is 21.9. The van der Waals surface area contributed by atoms with Gasteiger partial charge in [0.05, 0.1) is 0 Å². The second-order valence-electron chi connectivity index (χ2n) is 7.05. The van der Waals surface area contributed by atoms with Gasteiger partial charge in [-0.3, -0.25) is 0 Å². The summed E-state index contributed by atoms with van der Waals surface area (Å²) in [6.07, 6.45) is 27.0. The molecule has 0 rings (SSSR count). The van der Waals surface area contributed by atoms with Crippen LogP contribution in [0.3, 0.4) is 0 Å². The van der Waals surface area contributed by atoms with Crippen LogP contribution in [-0.2, 0) is 0 Å². The molecule has 22 heavy (non-hydrogen) atoms. The van der Waals surface area contributed by atoms with Crippen LogP contribution in [0.2, 0.25) is 0 Å². The van der Waals surface area contributed by atoms with Crippen molar-refractivity contribution in [2.75, 3.05) is 12.3 Å². The average Bonchev–Trinajstić information content (AvgIpc) is 2.54. The van der Waals surface area contributed by atoms with Gasteiger partial charge in [-0.1, -0.05) is 0 Å². The van der Waals surface area contributed by atoms with Gasteiger partial charge in [0.2, 0.25) is 0 Å². The first kappa shape index (κ1) is 22.9. The molecule has 1 atom stereocenters. The van der Waals surface area contributed by atoms with Gasteiger partial charge in [0.25, 0.3) is 0 Å². The van der Waals surface area contributed by atoms with Crippen molar-refractivity contribution in [1.82, 2.24) is 0 Å². The Hall–Kier alpha value is 0.860. The zero-order chi connectivity index (χ0) is 16.1. The molecular weight excluding hydrogens is 302 g/mol. The Morgan fingerprint density at radius 3 is 1.41 bits per heavy atom. The minimum absolute atomic E-state index is 0.341. The summed E-state index contributed by atoms with van der Waals surface area (Å²) in [6.45, 7) is 4.61. The van der Waals surface area contributed by atoms with Crippen LogP contribution in [0.5, 0.6) is 0 Å². The van der Waals surface area contributed by atoms with Gasteiger partial charge in [-0.15, -0.1) is 0 Å². The van der Waals surface area contributed by atoms with Crippen LogP contribution in [0.4, 0.5) is 0 Å². The topological polar surface area (TPSA) is 0 Å². The molecule has 0 aromatic rings. The third-order valence-electron chi connectivity index (χ3n) is 4.66. The van der Waals surface area contributed by atoms with Gasteiger partial charge < -0.3 is 0 Å². The summed E-state index contributed by atoms with van der Waals surface area (Å²) in [6, 6.07) is 0. The van der Waals surface area contributed by atoms with E-state index in [0.717, 1.165) is 0 Å². The molecule has 0 aromatic heterocycles. The summed E-state index contributed by atoms with van der Waals surface area (Å²) in [7, 11) is 1.74. The first-order valence-electron chi connectivity index (χ1n) is 10.6. The third-order valence-corrected chi connectivity index (χ3v) is 9.76. The van der Waals surface area contributed by atoms with Gasteiger partial charge in [-0.05, 0) is 0 Å². The van der Waals surface area contributed by atoms with Crippen molar-refractivity contribution in [3.63, 3.8) is 0 Å². The van der Waals surface area contributed by atoms with Gasteiger partial charge >= 0.3 is 145 Å². The predicted octanol–water partition coefficient (Wildman–Crippen LogP) is 8.00. The molecule has 0 aliphatic heterocycles. The summed E-state index contributed by atoms with van der Waals surface area (Å²) in [4.78, 5) is 0. The SMILES string of the molecule is CCCCCCCCCCP[PH3]CCCCCCCCCC. The molecule has 0 saturated carbocycles. The molecule has 0 N–H and O–H groups in total. The van der Waals surface area contributed by atoms with Crippen molar-refractivity contribution in [3.8, 4) is 0 Å². The van der Waals surface area contributed by atoms with Crippen LogP contribution in [0.25, 0.3) is 0 Å². The van der Waals surface area contributed by atoms with Crippen LogP contribution < -0.4 is 0 Å². The predicted molar refractivity (Wildman–Crippen MR) is 114 cm³/mol. The molecular formula is C20H46P2. The van der Waals surface area contributed by atoms with Crippen molar-refractivity contribution >= 4 is 16.5 Å². The zero-order valence-electron chi connectivity index (χ0n) is 15.9. The molecule has 0 amide bonds. The molecule has 0 fully saturated rings. The summed E-state index contributed by atoms with van der Waals surface area (Å²) in [5.41, 5.74) is 0. The van der Waals surface area contributed by atoms with Gasteiger partial charge in [-0.2, -0.15) is 0 Å². The van der Waals surface area contributed by atoms with E-state index in [0.29, 0.717) is 8.27 Å². The van der Waals surface area contributed by atoms with E-state index >= 15 is 0 Å². The number of unbranched alkanes of at least 4 members (excludes halogenated alkanes) is 14. The summed E-state index contributed by atoms with van der Waals surface area (Å²) >= 11 is 0. The molecule has 136 valence electrons. The number of hydrogen-bond donors (Lipinski definition) is 0. The van der Waals surface area contributed by atoms with Gasteiger partial charge in [0, 0.05) is 0 Å².